The highest BCUT2D eigenvalue weighted by atomic mass is 19.1. The largest absolute Gasteiger partial charge is 0.333 e. The van der Waals surface area contributed by atoms with E-state index in [2.05, 4.69) is 10.7 Å². The van der Waals surface area contributed by atoms with Crippen LogP contribution in [0.25, 0.3) is 0 Å². The van der Waals surface area contributed by atoms with E-state index < -0.39 is 5.82 Å². The van der Waals surface area contributed by atoms with Crippen molar-refractivity contribution in [3.05, 3.63) is 66.0 Å². The van der Waals surface area contributed by atoms with E-state index in [0.717, 1.165) is 18.2 Å². The first-order valence-corrected chi connectivity index (χ1v) is 7.04. The molecule has 0 fully saturated rings. The number of aryl methyl sites for hydroxylation is 1. The molecule has 0 unspecified atom stereocenters. The van der Waals surface area contributed by atoms with Gasteiger partial charge < -0.3 is 5.73 Å². The zero-order valence-corrected chi connectivity index (χ0v) is 13.9. The summed E-state index contributed by atoms with van der Waals surface area (Å²) in [6.07, 6.45) is 3.50. The van der Waals surface area contributed by atoms with Gasteiger partial charge in [0.05, 0.1) is 0 Å². The van der Waals surface area contributed by atoms with Crippen molar-refractivity contribution in [3.63, 3.8) is 0 Å². The SMILES string of the molecule is CC.CC.CN.Cc1cc(F)ccc1F.c1ccncc1. The first kappa shape index (κ1) is 24.2. The summed E-state index contributed by atoms with van der Waals surface area (Å²) in [6, 6.07) is 9.09. The Kier molecular flexibility index (Phi) is 23.7. The van der Waals surface area contributed by atoms with Crippen molar-refractivity contribution in [3.8, 4) is 0 Å². The highest BCUT2D eigenvalue weighted by Gasteiger charge is 1.95. The lowest BCUT2D eigenvalue weighted by Crippen LogP contribution is -1.81. The second kappa shape index (κ2) is 20.5. The number of pyridine rings is 1. The summed E-state index contributed by atoms with van der Waals surface area (Å²) < 4.78 is 24.5. The molecule has 21 heavy (non-hydrogen) atoms. The van der Waals surface area contributed by atoms with Crippen molar-refractivity contribution in [2.75, 3.05) is 7.05 Å². The Morgan fingerprint density at radius 1 is 0.857 bits per heavy atom. The molecule has 2 aromatic rings. The summed E-state index contributed by atoms with van der Waals surface area (Å²) in [7, 11) is 1.50. The van der Waals surface area contributed by atoms with Gasteiger partial charge in [-0.25, -0.2) is 8.78 Å². The average molecular weight is 298 g/mol. The van der Waals surface area contributed by atoms with Crippen molar-refractivity contribution in [1.82, 2.24) is 4.98 Å². The van der Waals surface area contributed by atoms with Gasteiger partial charge in [0.15, 0.2) is 0 Å². The maximum Gasteiger partial charge on any atom is 0.126 e. The van der Waals surface area contributed by atoms with Crippen LogP contribution in [0.3, 0.4) is 0 Å². The maximum atomic E-state index is 12.3. The first-order valence-electron chi connectivity index (χ1n) is 7.04. The first-order chi connectivity index (χ1) is 10.2. The molecular formula is C17H28F2N2. The summed E-state index contributed by atoms with van der Waals surface area (Å²) in [5.41, 5.74) is 4.84. The summed E-state index contributed by atoms with van der Waals surface area (Å²) in [4.78, 5) is 3.78. The van der Waals surface area contributed by atoms with Crippen LogP contribution in [0.2, 0.25) is 0 Å². The molecule has 0 aliphatic rings. The molecule has 120 valence electrons. The third-order valence-electron chi connectivity index (χ3n) is 1.69. The lowest BCUT2D eigenvalue weighted by Gasteiger charge is -1.92. The lowest BCUT2D eigenvalue weighted by molar-refractivity contribution is 0.592. The molecule has 0 aliphatic heterocycles. The minimum absolute atomic E-state index is 0.343. The highest BCUT2D eigenvalue weighted by molar-refractivity contribution is 5.16. The van der Waals surface area contributed by atoms with E-state index in [0.29, 0.717) is 5.56 Å². The minimum Gasteiger partial charge on any atom is -0.333 e. The second-order valence-electron chi connectivity index (χ2n) is 2.92. The van der Waals surface area contributed by atoms with Gasteiger partial charge in [0.25, 0.3) is 0 Å². The van der Waals surface area contributed by atoms with Gasteiger partial charge >= 0.3 is 0 Å². The van der Waals surface area contributed by atoms with E-state index in [9.17, 15) is 8.78 Å². The third kappa shape index (κ3) is 16.1. The van der Waals surface area contributed by atoms with Crippen LogP contribution >= 0.6 is 0 Å². The van der Waals surface area contributed by atoms with Crippen molar-refractivity contribution in [2.24, 2.45) is 5.73 Å². The number of halogens is 2. The van der Waals surface area contributed by atoms with Crippen LogP contribution in [-0.4, -0.2) is 12.0 Å². The van der Waals surface area contributed by atoms with Gasteiger partial charge in [-0.15, -0.1) is 0 Å². The summed E-state index contributed by atoms with van der Waals surface area (Å²) in [6.45, 7) is 9.53. The fraction of sp³-hybridized carbons (Fsp3) is 0.353. The predicted octanol–water partition coefficient (Wildman–Crippen LogP) is 4.98. The fourth-order valence-electron chi connectivity index (χ4n) is 0.921. The molecule has 2 nitrogen and oxygen atoms in total. The number of nitrogens with zero attached hydrogens (tertiary/aromatic N) is 1. The summed E-state index contributed by atoms with van der Waals surface area (Å²) >= 11 is 0. The van der Waals surface area contributed by atoms with Gasteiger partial charge in [0.1, 0.15) is 11.6 Å². The van der Waals surface area contributed by atoms with Crippen LogP contribution in [-0.2, 0) is 0 Å². The van der Waals surface area contributed by atoms with Crippen molar-refractivity contribution in [2.45, 2.75) is 34.6 Å². The van der Waals surface area contributed by atoms with Gasteiger partial charge in [0.2, 0.25) is 0 Å². The number of rotatable bonds is 0. The van der Waals surface area contributed by atoms with Gasteiger partial charge in [0, 0.05) is 12.4 Å². The quantitative estimate of drug-likeness (QED) is 0.744. The minimum atomic E-state index is -0.395. The predicted molar refractivity (Wildman–Crippen MR) is 88.1 cm³/mol. The molecule has 1 aromatic carbocycles. The van der Waals surface area contributed by atoms with Crippen LogP contribution in [0.5, 0.6) is 0 Å². The van der Waals surface area contributed by atoms with Crippen molar-refractivity contribution >= 4 is 0 Å². The smallest absolute Gasteiger partial charge is 0.126 e. The van der Waals surface area contributed by atoms with E-state index in [1.165, 1.54) is 14.0 Å². The maximum absolute atomic E-state index is 12.3. The van der Waals surface area contributed by atoms with Crippen LogP contribution in [0.15, 0.2) is 48.8 Å². The van der Waals surface area contributed by atoms with Crippen LogP contribution in [0, 0.1) is 18.6 Å². The Bertz CT molecular complexity index is 380. The molecule has 0 bridgehead atoms. The number of hydrogen-bond acceptors (Lipinski definition) is 2. The Morgan fingerprint density at radius 2 is 1.33 bits per heavy atom. The molecule has 1 aromatic heterocycles. The molecule has 0 saturated carbocycles. The number of nitrogens with two attached hydrogens (primary N) is 1. The Labute approximate surface area is 128 Å². The van der Waals surface area contributed by atoms with E-state index in [-0.39, 0.29) is 5.82 Å². The Balaban J connectivity index is -0.000000235. The Hall–Kier alpha value is -1.81. The highest BCUT2D eigenvalue weighted by Crippen LogP contribution is 2.06. The van der Waals surface area contributed by atoms with Crippen molar-refractivity contribution in [1.29, 1.82) is 0 Å². The van der Waals surface area contributed by atoms with E-state index in [4.69, 9.17) is 0 Å². The number of hydrogen-bond donors (Lipinski definition) is 1. The van der Waals surface area contributed by atoms with E-state index >= 15 is 0 Å². The molecule has 2 N–H and O–H groups in total. The molecular weight excluding hydrogens is 270 g/mol. The summed E-state index contributed by atoms with van der Waals surface area (Å²) in [5, 5.41) is 0. The lowest BCUT2D eigenvalue weighted by atomic mass is 10.2. The normalized spacial score (nSPS) is 7.29. The van der Waals surface area contributed by atoms with Gasteiger partial charge in [-0.05, 0) is 49.9 Å². The molecule has 0 atom stereocenters. The topological polar surface area (TPSA) is 38.9 Å². The zero-order chi connectivity index (χ0) is 17.1. The second-order valence-corrected chi connectivity index (χ2v) is 2.92. The van der Waals surface area contributed by atoms with Crippen molar-refractivity contribution < 1.29 is 8.78 Å². The molecule has 2 rings (SSSR count). The number of benzene rings is 1. The molecule has 1 heterocycles. The monoisotopic (exact) mass is 298 g/mol. The van der Waals surface area contributed by atoms with Gasteiger partial charge in [-0.1, -0.05) is 33.8 Å². The van der Waals surface area contributed by atoms with Crippen LogP contribution in [0.1, 0.15) is 33.3 Å². The molecule has 0 amide bonds. The molecule has 0 saturated heterocycles. The molecule has 0 radical (unpaired) electrons. The van der Waals surface area contributed by atoms with Gasteiger partial charge in [-0.3, -0.25) is 4.98 Å². The van der Waals surface area contributed by atoms with E-state index in [1.54, 1.807) is 12.4 Å². The zero-order valence-electron chi connectivity index (χ0n) is 13.9. The number of aromatic nitrogens is 1. The van der Waals surface area contributed by atoms with Crippen LogP contribution < -0.4 is 5.73 Å². The third-order valence-corrected chi connectivity index (χ3v) is 1.69. The fourth-order valence-corrected chi connectivity index (χ4v) is 0.921. The standard InChI is InChI=1S/C7H6F2.C5H5N.2C2H6.CH5N/c1-5-4-6(8)2-3-7(5)9;1-2-4-6-5-3-1;3*1-2/h2-4H,1H3;1-5H;2*1-2H3;2H2,1H3. The van der Waals surface area contributed by atoms with Gasteiger partial charge in [-0.2, -0.15) is 0 Å². The molecule has 4 heteroatoms. The van der Waals surface area contributed by atoms with E-state index in [1.807, 2.05) is 45.9 Å². The summed E-state index contributed by atoms with van der Waals surface area (Å²) in [5.74, 6) is -0.759. The molecule has 0 spiro atoms. The Morgan fingerprint density at radius 3 is 1.57 bits per heavy atom. The average Bonchev–Trinajstić information content (AvgIpc) is 2.59. The van der Waals surface area contributed by atoms with Crippen LogP contribution in [0.4, 0.5) is 8.78 Å². The molecule has 0 aliphatic carbocycles.